The number of ether oxygens (including phenoxy) is 2. The molecule has 7 heteroatoms. The van der Waals surface area contributed by atoms with Crippen molar-refractivity contribution in [2.24, 2.45) is 5.92 Å². The lowest BCUT2D eigenvalue weighted by atomic mass is 9.93. The van der Waals surface area contributed by atoms with Crippen LogP contribution in [0, 0.1) is 5.92 Å². The molecule has 172 valence electrons. The summed E-state index contributed by atoms with van der Waals surface area (Å²) >= 11 is 0. The van der Waals surface area contributed by atoms with Gasteiger partial charge in [-0.15, -0.1) is 0 Å². The third-order valence-corrected chi connectivity index (χ3v) is 6.61. The average Bonchev–Trinajstić information content (AvgIpc) is 3.40. The number of benzene rings is 2. The molecule has 3 aromatic rings. The minimum Gasteiger partial charge on any atom is -0.454 e. The van der Waals surface area contributed by atoms with E-state index in [4.69, 9.17) is 9.47 Å². The van der Waals surface area contributed by atoms with Gasteiger partial charge in [0, 0.05) is 24.0 Å². The Bertz CT molecular complexity index is 1230. The molecule has 0 saturated carbocycles. The Kier molecular flexibility index (Phi) is 5.27. The number of nitrogens with one attached hydrogen (secondary N) is 1. The number of amides is 2. The van der Waals surface area contributed by atoms with Crippen LogP contribution in [0.1, 0.15) is 43.2 Å². The molecule has 0 aliphatic carbocycles. The SMILES string of the molecule is CC(C)CCNC(=O)C1(C)Cn2c(cc3ccccc32)C(=O)N1Cc1ccc2c(c1)OCO2. The lowest BCUT2D eigenvalue weighted by Crippen LogP contribution is -2.63. The predicted octanol–water partition coefficient (Wildman–Crippen LogP) is 3.95. The lowest BCUT2D eigenvalue weighted by molar-refractivity contribution is -0.133. The molecule has 3 heterocycles. The molecule has 2 amide bonds. The summed E-state index contributed by atoms with van der Waals surface area (Å²) in [6.45, 7) is 7.57. The van der Waals surface area contributed by atoms with Crippen molar-refractivity contribution in [3.8, 4) is 11.5 Å². The van der Waals surface area contributed by atoms with Gasteiger partial charge in [0.05, 0.1) is 6.54 Å². The second-order valence-electron chi connectivity index (χ2n) is 9.47. The largest absolute Gasteiger partial charge is 0.454 e. The van der Waals surface area contributed by atoms with Gasteiger partial charge in [-0.3, -0.25) is 9.59 Å². The Morgan fingerprint density at radius 2 is 1.91 bits per heavy atom. The molecule has 0 saturated heterocycles. The molecule has 2 aliphatic rings. The smallest absolute Gasteiger partial charge is 0.271 e. The van der Waals surface area contributed by atoms with Gasteiger partial charge in [0.15, 0.2) is 11.5 Å². The second-order valence-corrected chi connectivity index (χ2v) is 9.47. The van der Waals surface area contributed by atoms with Crippen LogP contribution in [0.5, 0.6) is 11.5 Å². The Morgan fingerprint density at radius 1 is 1.12 bits per heavy atom. The number of hydrogen-bond donors (Lipinski definition) is 1. The molecule has 1 atom stereocenters. The standard InChI is InChI=1S/C26H29N3O4/c1-17(2)10-11-27-25(31)26(3)15-28-20-7-5-4-6-19(20)13-21(28)24(30)29(26)14-18-8-9-22-23(12-18)33-16-32-22/h4-9,12-13,17H,10-11,14-16H2,1-3H3,(H,27,31). The van der Waals surface area contributed by atoms with Gasteiger partial charge in [0.2, 0.25) is 12.7 Å². The van der Waals surface area contributed by atoms with E-state index in [1.165, 1.54) is 0 Å². The normalized spacial score (nSPS) is 19.3. The summed E-state index contributed by atoms with van der Waals surface area (Å²) in [4.78, 5) is 29.0. The number of nitrogens with zero attached hydrogens (tertiary/aromatic N) is 2. The molecule has 0 bridgehead atoms. The highest BCUT2D eigenvalue weighted by Gasteiger charge is 2.47. The van der Waals surface area contributed by atoms with Crippen molar-refractivity contribution in [3.05, 3.63) is 59.8 Å². The first-order valence-electron chi connectivity index (χ1n) is 11.4. The summed E-state index contributed by atoms with van der Waals surface area (Å²) < 4.78 is 12.9. The van der Waals surface area contributed by atoms with Gasteiger partial charge < -0.3 is 24.3 Å². The summed E-state index contributed by atoms with van der Waals surface area (Å²) in [6, 6.07) is 15.5. The van der Waals surface area contributed by atoms with Crippen LogP contribution in [0.15, 0.2) is 48.5 Å². The topological polar surface area (TPSA) is 72.8 Å². The number of carbonyl (C=O) groups excluding carboxylic acids is 2. The van der Waals surface area contributed by atoms with Crippen molar-refractivity contribution in [2.75, 3.05) is 13.3 Å². The van der Waals surface area contributed by atoms with Crippen LogP contribution >= 0.6 is 0 Å². The number of fused-ring (bicyclic) bond motifs is 4. The Balaban J connectivity index is 1.53. The number of hydrogen-bond acceptors (Lipinski definition) is 4. The molecule has 0 fully saturated rings. The highest BCUT2D eigenvalue weighted by molar-refractivity contribution is 6.03. The van der Waals surface area contributed by atoms with Gasteiger partial charge in [-0.05, 0) is 49.1 Å². The van der Waals surface area contributed by atoms with Crippen LogP contribution in [0.25, 0.3) is 10.9 Å². The van der Waals surface area contributed by atoms with Crippen LogP contribution in [0.4, 0.5) is 0 Å². The van der Waals surface area contributed by atoms with Gasteiger partial charge in [0.1, 0.15) is 11.2 Å². The third-order valence-electron chi connectivity index (χ3n) is 6.61. The zero-order chi connectivity index (χ0) is 23.2. The first kappa shape index (κ1) is 21.4. The summed E-state index contributed by atoms with van der Waals surface area (Å²) in [7, 11) is 0. The molecule has 2 aromatic carbocycles. The van der Waals surface area contributed by atoms with E-state index in [9.17, 15) is 9.59 Å². The maximum absolute atomic E-state index is 13.8. The summed E-state index contributed by atoms with van der Waals surface area (Å²) in [5, 5.41) is 4.08. The zero-order valence-corrected chi connectivity index (χ0v) is 19.3. The van der Waals surface area contributed by atoms with E-state index < -0.39 is 5.54 Å². The quantitative estimate of drug-likeness (QED) is 0.621. The molecule has 1 unspecified atom stereocenters. The monoisotopic (exact) mass is 447 g/mol. The van der Waals surface area contributed by atoms with Crippen LogP contribution in [-0.4, -0.2) is 40.2 Å². The number of para-hydroxylation sites is 1. The summed E-state index contributed by atoms with van der Waals surface area (Å²) in [5.74, 6) is 1.54. The first-order valence-corrected chi connectivity index (χ1v) is 11.4. The van der Waals surface area contributed by atoms with Gasteiger partial charge in [0.25, 0.3) is 5.91 Å². The Hall–Kier alpha value is -3.48. The fraction of sp³-hybridized carbons (Fsp3) is 0.385. The molecular formula is C26H29N3O4. The number of aromatic nitrogens is 1. The zero-order valence-electron chi connectivity index (χ0n) is 19.3. The molecule has 5 rings (SSSR count). The molecule has 1 aromatic heterocycles. The Morgan fingerprint density at radius 3 is 2.73 bits per heavy atom. The number of carbonyl (C=O) groups is 2. The molecule has 33 heavy (non-hydrogen) atoms. The van der Waals surface area contributed by atoms with Gasteiger partial charge >= 0.3 is 0 Å². The van der Waals surface area contributed by atoms with Crippen molar-refractivity contribution in [1.29, 1.82) is 0 Å². The highest BCUT2D eigenvalue weighted by atomic mass is 16.7. The van der Waals surface area contributed by atoms with Crippen LogP contribution < -0.4 is 14.8 Å². The van der Waals surface area contributed by atoms with E-state index in [0.717, 1.165) is 22.9 Å². The van der Waals surface area contributed by atoms with Gasteiger partial charge in [-0.1, -0.05) is 38.1 Å². The van der Waals surface area contributed by atoms with Crippen LogP contribution in [0.3, 0.4) is 0 Å². The number of rotatable bonds is 6. The molecule has 2 aliphatic heterocycles. The van der Waals surface area contributed by atoms with E-state index in [2.05, 4.69) is 19.2 Å². The van der Waals surface area contributed by atoms with Crippen molar-refractivity contribution in [1.82, 2.24) is 14.8 Å². The predicted molar refractivity (Wildman–Crippen MR) is 125 cm³/mol. The van der Waals surface area contributed by atoms with Gasteiger partial charge in [-0.2, -0.15) is 0 Å². The first-order chi connectivity index (χ1) is 15.9. The van der Waals surface area contributed by atoms with E-state index in [-0.39, 0.29) is 18.6 Å². The molecule has 7 nitrogen and oxygen atoms in total. The summed E-state index contributed by atoms with van der Waals surface area (Å²) in [6.07, 6.45) is 0.885. The molecule has 0 radical (unpaired) electrons. The Labute approximate surface area is 193 Å². The highest BCUT2D eigenvalue weighted by Crippen LogP contribution is 2.36. The van der Waals surface area contributed by atoms with Crippen molar-refractivity contribution >= 4 is 22.7 Å². The van der Waals surface area contributed by atoms with Gasteiger partial charge in [-0.25, -0.2) is 0 Å². The third kappa shape index (κ3) is 3.71. The minimum absolute atomic E-state index is 0.138. The summed E-state index contributed by atoms with van der Waals surface area (Å²) in [5.41, 5.74) is 1.41. The van der Waals surface area contributed by atoms with E-state index in [0.29, 0.717) is 42.7 Å². The van der Waals surface area contributed by atoms with Crippen LogP contribution in [0.2, 0.25) is 0 Å². The molecule has 1 N–H and O–H groups in total. The van der Waals surface area contributed by atoms with E-state index in [1.807, 2.05) is 60.0 Å². The maximum atomic E-state index is 13.8. The fourth-order valence-corrected chi connectivity index (χ4v) is 4.64. The van der Waals surface area contributed by atoms with Crippen LogP contribution in [-0.2, 0) is 17.9 Å². The van der Waals surface area contributed by atoms with Crippen molar-refractivity contribution in [2.45, 2.75) is 45.8 Å². The molecular weight excluding hydrogens is 418 g/mol. The minimum atomic E-state index is -1.04. The maximum Gasteiger partial charge on any atom is 0.271 e. The van der Waals surface area contributed by atoms with E-state index >= 15 is 0 Å². The molecule has 0 spiro atoms. The lowest BCUT2D eigenvalue weighted by Gasteiger charge is -2.44. The fourth-order valence-electron chi connectivity index (χ4n) is 4.64. The van der Waals surface area contributed by atoms with Crippen molar-refractivity contribution in [3.63, 3.8) is 0 Å². The second kappa shape index (κ2) is 8.14. The average molecular weight is 448 g/mol. The van der Waals surface area contributed by atoms with Crippen molar-refractivity contribution < 1.29 is 19.1 Å². The van der Waals surface area contributed by atoms with E-state index in [1.54, 1.807) is 4.90 Å².